The van der Waals surface area contributed by atoms with Crippen molar-refractivity contribution < 1.29 is 9.47 Å². The average Bonchev–Trinajstić information content (AvgIpc) is 3.12. The second-order valence-electron chi connectivity index (χ2n) is 5.98. The predicted octanol–water partition coefficient (Wildman–Crippen LogP) is 3.64. The Hall–Kier alpha value is -2.47. The molecule has 1 fully saturated rings. The largest absolute Gasteiger partial charge is 0.497 e. The minimum atomic E-state index is 0.843. The molecular weight excluding hydrogens is 334 g/mol. The Morgan fingerprint density at radius 3 is 2.44 bits per heavy atom. The van der Waals surface area contributed by atoms with Gasteiger partial charge in [0, 0.05) is 37.9 Å². The molecule has 3 aromatic rings. The van der Waals surface area contributed by atoms with E-state index in [2.05, 4.69) is 28.0 Å². The summed E-state index contributed by atoms with van der Waals surface area (Å²) in [6, 6.07) is 14.3. The highest BCUT2D eigenvalue weighted by Crippen LogP contribution is 2.34. The third-order valence-electron chi connectivity index (χ3n) is 4.56. The maximum Gasteiger partial charge on any atom is 0.186 e. The molecule has 0 atom stereocenters. The van der Waals surface area contributed by atoms with Crippen molar-refractivity contribution in [3.05, 3.63) is 42.5 Å². The van der Waals surface area contributed by atoms with Crippen molar-refractivity contribution in [3.8, 4) is 11.5 Å². The highest BCUT2D eigenvalue weighted by Gasteiger charge is 2.21. The van der Waals surface area contributed by atoms with E-state index in [0.29, 0.717) is 0 Å². The summed E-state index contributed by atoms with van der Waals surface area (Å²) >= 11 is 1.73. The molecule has 2 aromatic carbocycles. The summed E-state index contributed by atoms with van der Waals surface area (Å²) in [4.78, 5) is 9.57. The SMILES string of the molecule is COc1cccc(N2CCN(c3nc4c(OC)cccc4s3)CC2)c1. The van der Waals surface area contributed by atoms with Crippen LogP contribution in [0.4, 0.5) is 10.8 Å². The minimum absolute atomic E-state index is 0.843. The zero-order valence-corrected chi connectivity index (χ0v) is 15.3. The Bertz CT molecular complexity index is 872. The summed E-state index contributed by atoms with van der Waals surface area (Å²) in [5.41, 5.74) is 2.17. The number of hydrogen-bond donors (Lipinski definition) is 0. The van der Waals surface area contributed by atoms with E-state index in [1.54, 1.807) is 25.6 Å². The summed E-state index contributed by atoms with van der Waals surface area (Å²) < 4.78 is 11.9. The normalized spacial score (nSPS) is 14.8. The van der Waals surface area contributed by atoms with Gasteiger partial charge in [-0.3, -0.25) is 0 Å². The fourth-order valence-corrected chi connectivity index (χ4v) is 4.21. The summed E-state index contributed by atoms with van der Waals surface area (Å²) in [6.45, 7) is 3.86. The molecule has 1 aliphatic rings. The molecule has 6 heteroatoms. The zero-order valence-electron chi connectivity index (χ0n) is 14.4. The van der Waals surface area contributed by atoms with E-state index in [4.69, 9.17) is 14.5 Å². The molecule has 0 amide bonds. The van der Waals surface area contributed by atoms with Crippen LogP contribution in [-0.4, -0.2) is 45.4 Å². The molecule has 1 aromatic heterocycles. The molecule has 5 nitrogen and oxygen atoms in total. The van der Waals surface area contributed by atoms with Crippen LogP contribution in [0, 0.1) is 0 Å². The number of nitrogens with zero attached hydrogens (tertiary/aromatic N) is 3. The Labute approximate surface area is 151 Å². The lowest BCUT2D eigenvalue weighted by Gasteiger charge is -2.36. The summed E-state index contributed by atoms with van der Waals surface area (Å²) in [6.07, 6.45) is 0. The highest BCUT2D eigenvalue weighted by molar-refractivity contribution is 7.22. The van der Waals surface area contributed by atoms with Crippen molar-refractivity contribution in [1.29, 1.82) is 0 Å². The van der Waals surface area contributed by atoms with Crippen molar-refractivity contribution in [2.45, 2.75) is 0 Å². The fraction of sp³-hybridized carbons (Fsp3) is 0.316. The number of para-hydroxylation sites is 1. The molecule has 25 heavy (non-hydrogen) atoms. The molecule has 0 bridgehead atoms. The number of ether oxygens (including phenoxy) is 2. The van der Waals surface area contributed by atoms with Gasteiger partial charge < -0.3 is 19.3 Å². The Balaban J connectivity index is 1.50. The maximum absolute atomic E-state index is 5.43. The first kappa shape index (κ1) is 16.0. The van der Waals surface area contributed by atoms with Gasteiger partial charge in [0.15, 0.2) is 5.13 Å². The van der Waals surface area contributed by atoms with Gasteiger partial charge in [0.25, 0.3) is 0 Å². The molecular formula is C19H21N3O2S. The number of thiazole rings is 1. The lowest BCUT2D eigenvalue weighted by molar-refractivity contribution is 0.414. The molecule has 0 radical (unpaired) electrons. The van der Waals surface area contributed by atoms with Crippen molar-refractivity contribution >= 4 is 32.4 Å². The molecule has 1 aliphatic heterocycles. The van der Waals surface area contributed by atoms with Gasteiger partial charge in [-0.15, -0.1) is 0 Å². The Morgan fingerprint density at radius 1 is 0.920 bits per heavy atom. The van der Waals surface area contributed by atoms with Gasteiger partial charge in [0.1, 0.15) is 17.0 Å². The Kier molecular flexibility index (Phi) is 4.36. The van der Waals surface area contributed by atoms with E-state index in [9.17, 15) is 0 Å². The van der Waals surface area contributed by atoms with Crippen molar-refractivity contribution in [3.63, 3.8) is 0 Å². The van der Waals surface area contributed by atoms with Gasteiger partial charge >= 0.3 is 0 Å². The topological polar surface area (TPSA) is 37.8 Å². The minimum Gasteiger partial charge on any atom is -0.497 e. The number of rotatable bonds is 4. The third kappa shape index (κ3) is 3.09. The Morgan fingerprint density at radius 2 is 1.68 bits per heavy atom. The van der Waals surface area contributed by atoms with E-state index >= 15 is 0 Å². The quantitative estimate of drug-likeness (QED) is 0.714. The van der Waals surface area contributed by atoms with Gasteiger partial charge in [-0.25, -0.2) is 4.98 Å². The second kappa shape index (κ2) is 6.80. The van der Waals surface area contributed by atoms with E-state index in [-0.39, 0.29) is 0 Å². The predicted molar refractivity (Wildman–Crippen MR) is 104 cm³/mol. The van der Waals surface area contributed by atoms with Gasteiger partial charge in [-0.2, -0.15) is 0 Å². The number of benzene rings is 2. The van der Waals surface area contributed by atoms with Gasteiger partial charge in [-0.05, 0) is 24.3 Å². The number of fused-ring (bicyclic) bond motifs is 1. The van der Waals surface area contributed by atoms with Crippen LogP contribution in [0.25, 0.3) is 10.2 Å². The molecule has 1 saturated heterocycles. The molecule has 0 aliphatic carbocycles. The summed E-state index contributed by atoms with van der Waals surface area (Å²) in [5, 5.41) is 1.07. The first-order valence-electron chi connectivity index (χ1n) is 8.36. The van der Waals surface area contributed by atoms with Crippen LogP contribution in [0.15, 0.2) is 42.5 Å². The monoisotopic (exact) mass is 355 g/mol. The van der Waals surface area contributed by atoms with Crippen LogP contribution >= 0.6 is 11.3 Å². The highest BCUT2D eigenvalue weighted by atomic mass is 32.1. The standard InChI is InChI=1S/C19H21N3O2S/c1-23-15-6-3-5-14(13-15)21-9-11-22(12-10-21)19-20-18-16(24-2)7-4-8-17(18)25-19/h3-8,13H,9-12H2,1-2H3. The van der Waals surface area contributed by atoms with Crippen LogP contribution < -0.4 is 19.3 Å². The molecule has 0 spiro atoms. The molecule has 4 rings (SSSR count). The smallest absolute Gasteiger partial charge is 0.186 e. The lowest BCUT2D eigenvalue weighted by atomic mass is 10.2. The number of aromatic nitrogens is 1. The maximum atomic E-state index is 5.43. The number of anilines is 2. The van der Waals surface area contributed by atoms with Crippen LogP contribution in [0.5, 0.6) is 11.5 Å². The molecule has 0 N–H and O–H groups in total. The molecule has 0 saturated carbocycles. The number of methoxy groups -OCH3 is 2. The van der Waals surface area contributed by atoms with Crippen LogP contribution in [0.3, 0.4) is 0 Å². The lowest BCUT2D eigenvalue weighted by Crippen LogP contribution is -2.46. The molecule has 130 valence electrons. The zero-order chi connectivity index (χ0) is 17.2. The fourth-order valence-electron chi connectivity index (χ4n) is 3.17. The van der Waals surface area contributed by atoms with E-state index < -0.39 is 0 Å². The number of hydrogen-bond acceptors (Lipinski definition) is 6. The van der Waals surface area contributed by atoms with Gasteiger partial charge in [0.2, 0.25) is 0 Å². The van der Waals surface area contributed by atoms with E-state index in [0.717, 1.165) is 48.3 Å². The van der Waals surface area contributed by atoms with Crippen molar-refractivity contribution in [1.82, 2.24) is 4.98 Å². The van der Waals surface area contributed by atoms with Crippen molar-refractivity contribution in [2.75, 3.05) is 50.2 Å². The third-order valence-corrected chi connectivity index (χ3v) is 5.64. The summed E-state index contributed by atoms with van der Waals surface area (Å²) in [5.74, 6) is 1.74. The summed E-state index contributed by atoms with van der Waals surface area (Å²) in [7, 11) is 3.40. The molecule has 0 unspecified atom stereocenters. The van der Waals surface area contributed by atoms with Crippen LogP contribution in [-0.2, 0) is 0 Å². The first-order chi connectivity index (χ1) is 12.3. The van der Waals surface area contributed by atoms with Gasteiger partial charge in [-0.1, -0.05) is 23.5 Å². The second-order valence-corrected chi connectivity index (χ2v) is 6.99. The average molecular weight is 355 g/mol. The van der Waals surface area contributed by atoms with Crippen LogP contribution in [0.2, 0.25) is 0 Å². The van der Waals surface area contributed by atoms with E-state index in [1.165, 1.54) is 10.4 Å². The van der Waals surface area contributed by atoms with Gasteiger partial charge in [0.05, 0.1) is 18.9 Å². The first-order valence-corrected chi connectivity index (χ1v) is 9.17. The molecule has 2 heterocycles. The van der Waals surface area contributed by atoms with Crippen LogP contribution in [0.1, 0.15) is 0 Å². The van der Waals surface area contributed by atoms with Crippen molar-refractivity contribution in [2.24, 2.45) is 0 Å². The van der Waals surface area contributed by atoms with E-state index in [1.807, 2.05) is 24.3 Å². The number of piperazine rings is 1.